The van der Waals surface area contributed by atoms with E-state index in [0.29, 0.717) is 12.2 Å². The molecular weight excluding hydrogens is 220 g/mol. The number of fused-ring (bicyclic) bond motifs is 1. The Morgan fingerprint density at radius 3 is 3.00 bits per heavy atom. The van der Waals surface area contributed by atoms with Crippen LogP contribution in [0.2, 0.25) is 0 Å². The number of benzene rings is 1. The minimum Gasteiger partial charge on any atom is -0.493 e. The standard InChI is InChI=1S/C13H16O4/c1-8-5-10-6-9(3-4-12(14)15)7-11(16-2)13(10)17-8/h6-8H,3-5H2,1-2H3,(H,14,15). The van der Waals surface area contributed by atoms with E-state index in [4.69, 9.17) is 14.6 Å². The summed E-state index contributed by atoms with van der Waals surface area (Å²) in [6.07, 6.45) is 1.67. The van der Waals surface area contributed by atoms with Gasteiger partial charge in [0.25, 0.3) is 0 Å². The predicted octanol–water partition coefficient (Wildman–Crippen LogP) is 2.04. The van der Waals surface area contributed by atoms with Crippen LogP contribution in [0.4, 0.5) is 0 Å². The first-order valence-electron chi connectivity index (χ1n) is 5.68. The zero-order valence-electron chi connectivity index (χ0n) is 10.0. The Labute approximate surface area is 100 Å². The van der Waals surface area contributed by atoms with Gasteiger partial charge in [-0.3, -0.25) is 4.79 Å². The van der Waals surface area contributed by atoms with Gasteiger partial charge in [-0.15, -0.1) is 0 Å². The molecule has 4 nitrogen and oxygen atoms in total. The molecule has 92 valence electrons. The molecule has 0 spiro atoms. The van der Waals surface area contributed by atoms with Gasteiger partial charge in [-0.2, -0.15) is 0 Å². The summed E-state index contributed by atoms with van der Waals surface area (Å²) in [6, 6.07) is 3.88. The van der Waals surface area contributed by atoms with Crippen LogP contribution in [-0.4, -0.2) is 24.3 Å². The molecule has 0 saturated heterocycles. The third-order valence-electron chi connectivity index (χ3n) is 2.87. The first-order valence-corrected chi connectivity index (χ1v) is 5.68. The highest BCUT2D eigenvalue weighted by atomic mass is 16.5. The fourth-order valence-corrected chi connectivity index (χ4v) is 2.11. The molecule has 17 heavy (non-hydrogen) atoms. The molecule has 0 fully saturated rings. The van der Waals surface area contributed by atoms with Crippen LogP contribution in [0.3, 0.4) is 0 Å². The minimum absolute atomic E-state index is 0.137. The maximum atomic E-state index is 10.6. The van der Waals surface area contributed by atoms with Crippen molar-refractivity contribution in [2.24, 2.45) is 0 Å². The average molecular weight is 236 g/mol. The molecule has 1 unspecified atom stereocenters. The van der Waals surface area contributed by atoms with Crippen molar-refractivity contribution < 1.29 is 19.4 Å². The molecule has 1 aliphatic heterocycles. The molecule has 1 heterocycles. The van der Waals surface area contributed by atoms with E-state index < -0.39 is 5.97 Å². The fraction of sp³-hybridized carbons (Fsp3) is 0.462. The second kappa shape index (κ2) is 4.65. The van der Waals surface area contributed by atoms with Crippen LogP contribution < -0.4 is 9.47 Å². The number of hydrogen-bond donors (Lipinski definition) is 1. The van der Waals surface area contributed by atoms with Crippen LogP contribution in [-0.2, 0) is 17.6 Å². The summed E-state index contributed by atoms with van der Waals surface area (Å²) in [7, 11) is 1.60. The van der Waals surface area contributed by atoms with Crippen molar-refractivity contribution in [1.82, 2.24) is 0 Å². The fourth-order valence-electron chi connectivity index (χ4n) is 2.11. The van der Waals surface area contributed by atoms with Gasteiger partial charge in [-0.1, -0.05) is 6.07 Å². The number of ether oxygens (including phenoxy) is 2. The smallest absolute Gasteiger partial charge is 0.303 e. The van der Waals surface area contributed by atoms with Gasteiger partial charge >= 0.3 is 5.97 Å². The van der Waals surface area contributed by atoms with Gasteiger partial charge in [0.15, 0.2) is 11.5 Å². The highest BCUT2D eigenvalue weighted by molar-refractivity contribution is 5.67. The van der Waals surface area contributed by atoms with E-state index in [0.717, 1.165) is 23.3 Å². The van der Waals surface area contributed by atoms with E-state index in [1.54, 1.807) is 7.11 Å². The number of carbonyl (C=O) groups is 1. The summed E-state index contributed by atoms with van der Waals surface area (Å²) in [4.78, 5) is 10.6. The molecule has 4 heteroatoms. The highest BCUT2D eigenvalue weighted by Crippen LogP contribution is 2.39. The normalized spacial score (nSPS) is 17.4. The van der Waals surface area contributed by atoms with E-state index in [1.165, 1.54) is 0 Å². The van der Waals surface area contributed by atoms with Crippen LogP contribution in [0, 0.1) is 0 Å². The molecule has 1 atom stereocenters. The van der Waals surface area contributed by atoms with E-state index in [9.17, 15) is 4.79 Å². The van der Waals surface area contributed by atoms with Crippen molar-refractivity contribution >= 4 is 5.97 Å². The molecule has 1 aromatic carbocycles. The van der Waals surface area contributed by atoms with Crippen molar-refractivity contribution in [3.63, 3.8) is 0 Å². The van der Waals surface area contributed by atoms with Crippen molar-refractivity contribution in [3.05, 3.63) is 23.3 Å². The number of aliphatic carboxylic acids is 1. The molecule has 0 saturated carbocycles. The zero-order valence-corrected chi connectivity index (χ0v) is 10.0. The quantitative estimate of drug-likeness (QED) is 0.869. The van der Waals surface area contributed by atoms with Crippen LogP contribution in [0.1, 0.15) is 24.5 Å². The van der Waals surface area contributed by atoms with E-state index in [1.807, 2.05) is 19.1 Å². The lowest BCUT2D eigenvalue weighted by atomic mass is 10.0. The molecule has 1 aliphatic rings. The van der Waals surface area contributed by atoms with Crippen molar-refractivity contribution in [1.29, 1.82) is 0 Å². The number of hydrogen-bond acceptors (Lipinski definition) is 3. The van der Waals surface area contributed by atoms with Crippen LogP contribution >= 0.6 is 0 Å². The minimum atomic E-state index is -0.783. The third kappa shape index (κ3) is 2.52. The molecule has 1 aromatic rings. The number of methoxy groups -OCH3 is 1. The topological polar surface area (TPSA) is 55.8 Å². The summed E-state index contributed by atoms with van der Waals surface area (Å²) in [5.74, 6) is 0.723. The van der Waals surface area contributed by atoms with Crippen molar-refractivity contribution in [2.45, 2.75) is 32.3 Å². The van der Waals surface area contributed by atoms with Gasteiger partial charge in [0.05, 0.1) is 7.11 Å². The van der Waals surface area contributed by atoms with Gasteiger partial charge in [0.2, 0.25) is 0 Å². The number of carboxylic acid groups (broad SMARTS) is 1. The molecule has 0 bridgehead atoms. The molecule has 1 N–H and O–H groups in total. The summed E-state index contributed by atoms with van der Waals surface area (Å²) < 4.78 is 10.9. The predicted molar refractivity (Wildman–Crippen MR) is 62.7 cm³/mol. The molecule has 0 radical (unpaired) electrons. The zero-order chi connectivity index (χ0) is 12.4. The van der Waals surface area contributed by atoms with Gasteiger partial charge in [-0.05, 0) is 25.0 Å². The molecule has 0 amide bonds. The Hall–Kier alpha value is -1.71. The molecule has 0 aliphatic carbocycles. The summed E-state index contributed by atoms with van der Waals surface area (Å²) in [6.45, 7) is 2.01. The maximum absolute atomic E-state index is 10.6. The molecule has 2 rings (SSSR count). The second-order valence-corrected chi connectivity index (χ2v) is 4.31. The third-order valence-corrected chi connectivity index (χ3v) is 2.87. The Bertz CT molecular complexity index is 439. The van der Waals surface area contributed by atoms with Crippen LogP contribution in [0.25, 0.3) is 0 Å². The SMILES string of the molecule is COc1cc(CCC(=O)O)cc2c1OC(C)C2. The number of aryl methyl sites for hydroxylation is 1. The van der Waals surface area contributed by atoms with E-state index in [2.05, 4.69) is 0 Å². The number of rotatable bonds is 4. The lowest BCUT2D eigenvalue weighted by molar-refractivity contribution is -0.136. The highest BCUT2D eigenvalue weighted by Gasteiger charge is 2.23. The van der Waals surface area contributed by atoms with E-state index in [-0.39, 0.29) is 12.5 Å². The second-order valence-electron chi connectivity index (χ2n) is 4.31. The van der Waals surface area contributed by atoms with Crippen molar-refractivity contribution in [2.75, 3.05) is 7.11 Å². The Morgan fingerprint density at radius 1 is 1.59 bits per heavy atom. The van der Waals surface area contributed by atoms with Gasteiger partial charge in [-0.25, -0.2) is 0 Å². The summed E-state index contributed by atoms with van der Waals surface area (Å²) >= 11 is 0. The largest absolute Gasteiger partial charge is 0.493 e. The van der Waals surface area contributed by atoms with Crippen LogP contribution in [0.5, 0.6) is 11.5 Å². The monoisotopic (exact) mass is 236 g/mol. The molecule has 0 aromatic heterocycles. The van der Waals surface area contributed by atoms with Crippen molar-refractivity contribution in [3.8, 4) is 11.5 Å². The van der Waals surface area contributed by atoms with Gasteiger partial charge in [0, 0.05) is 18.4 Å². The summed E-state index contributed by atoms with van der Waals surface area (Å²) in [5.41, 5.74) is 2.10. The van der Waals surface area contributed by atoms with Crippen LogP contribution in [0.15, 0.2) is 12.1 Å². The first kappa shape index (κ1) is 11.8. The Kier molecular flexibility index (Phi) is 3.22. The van der Waals surface area contributed by atoms with Gasteiger partial charge in [0.1, 0.15) is 6.10 Å². The molecular formula is C13H16O4. The van der Waals surface area contributed by atoms with E-state index >= 15 is 0 Å². The number of carboxylic acids is 1. The lowest BCUT2D eigenvalue weighted by Crippen LogP contribution is -2.05. The average Bonchev–Trinajstić information content (AvgIpc) is 2.65. The first-order chi connectivity index (χ1) is 8.10. The summed E-state index contributed by atoms with van der Waals surface area (Å²) in [5, 5.41) is 8.68. The lowest BCUT2D eigenvalue weighted by Gasteiger charge is -2.10. The van der Waals surface area contributed by atoms with Gasteiger partial charge < -0.3 is 14.6 Å². The Morgan fingerprint density at radius 2 is 2.35 bits per heavy atom. The Balaban J connectivity index is 2.25. The maximum Gasteiger partial charge on any atom is 0.303 e.